The highest BCUT2D eigenvalue weighted by atomic mass is 16.5. The lowest BCUT2D eigenvalue weighted by Crippen LogP contribution is -2.21. The quantitative estimate of drug-likeness (QED) is 0.881. The van der Waals surface area contributed by atoms with Crippen molar-refractivity contribution in [2.75, 3.05) is 14.2 Å². The van der Waals surface area contributed by atoms with Crippen LogP contribution in [0.1, 0.15) is 18.9 Å². The van der Waals surface area contributed by atoms with Crippen LogP contribution in [0.4, 0.5) is 0 Å². The largest absolute Gasteiger partial charge is 0.493 e. The van der Waals surface area contributed by atoms with E-state index in [4.69, 9.17) is 15.2 Å². The van der Waals surface area contributed by atoms with E-state index in [-0.39, 0.29) is 6.04 Å². The Morgan fingerprint density at radius 3 is 2.33 bits per heavy atom. The molecule has 0 aliphatic heterocycles. The molecular formula is C18H23NO2. The van der Waals surface area contributed by atoms with Crippen LogP contribution in [0.3, 0.4) is 0 Å². The topological polar surface area (TPSA) is 44.5 Å². The zero-order chi connectivity index (χ0) is 15.2. The molecule has 1 unspecified atom stereocenters. The standard InChI is InChI=1S/C18H23NO2/c1-4-16(19)11-13-6-5-7-14(10-13)15-8-9-17(20-2)18(12-15)21-3/h5-10,12,16H,4,11,19H2,1-3H3. The van der Waals surface area contributed by atoms with Gasteiger partial charge in [-0.05, 0) is 41.7 Å². The smallest absolute Gasteiger partial charge is 0.161 e. The molecule has 0 saturated heterocycles. The molecule has 0 radical (unpaired) electrons. The molecule has 0 heterocycles. The summed E-state index contributed by atoms with van der Waals surface area (Å²) in [6.45, 7) is 2.11. The minimum atomic E-state index is 0.214. The molecule has 0 bridgehead atoms. The molecule has 2 aromatic rings. The van der Waals surface area contributed by atoms with E-state index in [1.807, 2.05) is 18.2 Å². The Balaban J connectivity index is 2.31. The first kappa shape index (κ1) is 15.4. The Morgan fingerprint density at radius 2 is 1.67 bits per heavy atom. The van der Waals surface area contributed by atoms with Gasteiger partial charge in [0, 0.05) is 6.04 Å². The number of nitrogens with two attached hydrogens (primary N) is 1. The van der Waals surface area contributed by atoms with Gasteiger partial charge in [-0.15, -0.1) is 0 Å². The minimum absolute atomic E-state index is 0.214. The van der Waals surface area contributed by atoms with Crippen LogP contribution < -0.4 is 15.2 Å². The fourth-order valence-electron chi connectivity index (χ4n) is 2.34. The number of methoxy groups -OCH3 is 2. The van der Waals surface area contributed by atoms with Gasteiger partial charge in [0.2, 0.25) is 0 Å². The van der Waals surface area contributed by atoms with Crippen molar-refractivity contribution in [2.45, 2.75) is 25.8 Å². The highest BCUT2D eigenvalue weighted by Gasteiger charge is 2.07. The van der Waals surface area contributed by atoms with E-state index in [2.05, 4.69) is 31.2 Å². The van der Waals surface area contributed by atoms with Gasteiger partial charge >= 0.3 is 0 Å². The molecule has 3 nitrogen and oxygen atoms in total. The summed E-state index contributed by atoms with van der Waals surface area (Å²) in [7, 11) is 3.29. The molecule has 1 atom stereocenters. The maximum atomic E-state index is 6.04. The second kappa shape index (κ2) is 7.14. The zero-order valence-electron chi connectivity index (χ0n) is 12.9. The van der Waals surface area contributed by atoms with Gasteiger partial charge in [0.25, 0.3) is 0 Å². The van der Waals surface area contributed by atoms with Crippen LogP contribution >= 0.6 is 0 Å². The Labute approximate surface area is 126 Å². The number of benzene rings is 2. The van der Waals surface area contributed by atoms with E-state index in [1.54, 1.807) is 14.2 Å². The lowest BCUT2D eigenvalue weighted by atomic mass is 9.98. The van der Waals surface area contributed by atoms with Crippen LogP contribution in [-0.4, -0.2) is 20.3 Å². The summed E-state index contributed by atoms with van der Waals surface area (Å²) in [5.41, 5.74) is 9.58. The molecule has 2 N–H and O–H groups in total. The molecule has 112 valence electrons. The Bertz CT molecular complexity index is 596. The van der Waals surface area contributed by atoms with Gasteiger partial charge in [-0.1, -0.05) is 37.3 Å². The summed E-state index contributed by atoms with van der Waals surface area (Å²) < 4.78 is 10.6. The molecule has 2 rings (SSSR count). The SMILES string of the molecule is CCC(N)Cc1cccc(-c2ccc(OC)c(OC)c2)c1. The highest BCUT2D eigenvalue weighted by Crippen LogP contribution is 2.32. The van der Waals surface area contributed by atoms with Crippen molar-refractivity contribution in [3.8, 4) is 22.6 Å². The molecule has 0 saturated carbocycles. The molecule has 0 fully saturated rings. The summed E-state index contributed by atoms with van der Waals surface area (Å²) in [5.74, 6) is 1.48. The van der Waals surface area contributed by atoms with Gasteiger partial charge < -0.3 is 15.2 Å². The Morgan fingerprint density at radius 1 is 0.952 bits per heavy atom. The van der Waals surface area contributed by atoms with Gasteiger partial charge in [-0.25, -0.2) is 0 Å². The first-order valence-electron chi connectivity index (χ1n) is 7.24. The maximum absolute atomic E-state index is 6.04. The van der Waals surface area contributed by atoms with Crippen LogP contribution in [0, 0.1) is 0 Å². The van der Waals surface area contributed by atoms with Crippen LogP contribution in [0.25, 0.3) is 11.1 Å². The average Bonchev–Trinajstić information content (AvgIpc) is 2.54. The minimum Gasteiger partial charge on any atom is -0.493 e. The second-order valence-corrected chi connectivity index (χ2v) is 5.14. The van der Waals surface area contributed by atoms with Crippen molar-refractivity contribution >= 4 is 0 Å². The van der Waals surface area contributed by atoms with E-state index < -0.39 is 0 Å². The number of hydrogen-bond acceptors (Lipinski definition) is 3. The summed E-state index contributed by atoms with van der Waals surface area (Å²) in [4.78, 5) is 0. The molecule has 0 aromatic heterocycles. The lowest BCUT2D eigenvalue weighted by molar-refractivity contribution is 0.355. The average molecular weight is 285 g/mol. The monoisotopic (exact) mass is 285 g/mol. The summed E-state index contributed by atoms with van der Waals surface area (Å²) in [6.07, 6.45) is 1.89. The van der Waals surface area contributed by atoms with E-state index in [9.17, 15) is 0 Å². The third-order valence-corrected chi connectivity index (χ3v) is 3.67. The first-order valence-corrected chi connectivity index (χ1v) is 7.24. The van der Waals surface area contributed by atoms with Gasteiger partial charge in [0.1, 0.15) is 0 Å². The van der Waals surface area contributed by atoms with Crippen molar-refractivity contribution in [1.29, 1.82) is 0 Å². The van der Waals surface area contributed by atoms with Gasteiger partial charge in [0.05, 0.1) is 14.2 Å². The number of ether oxygens (including phenoxy) is 2. The van der Waals surface area contributed by atoms with Gasteiger partial charge in [0.15, 0.2) is 11.5 Å². The molecule has 0 amide bonds. The molecule has 0 aliphatic rings. The molecule has 0 spiro atoms. The third-order valence-electron chi connectivity index (χ3n) is 3.67. The summed E-state index contributed by atoms with van der Waals surface area (Å²) in [6, 6.07) is 14.7. The normalized spacial score (nSPS) is 12.0. The summed E-state index contributed by atoms with van der Waals surface area (Å²) in [5, 5.41) is 0. The molecule has 0 aliphatic carbocycles. The van der Waals surface area contributed by atoms with Crippen LogP contribution in [0.15, 0.2) is 42.5 Å². The van der Waals surface area contributed by atoms with Gasteiger partial charge in [-0.3, -0.25) is 0 Å². The Hall–Kier alpha value is -2.00. The van der Waals surface area contributed by atoms with Crippen molar-refractivity contribution in [3.63, 3.8) is 0 Å². The first-order chi connectivity index (χ1) is 10.2. The number of hydrogen-bond donors (Lipinski definition) is 1. The van der Waals surface area contributed by atoms with Crippen LogP contribution in [-0.2, 0) is 6.42 Å². The number of rotatable bonds is 6. The fourth-order valence-corrected chi connectivity index (χ4v) is 2.34. The van der Waals surface area contributed by atoms with Crippen LogP contribution in [0.5, 0.6) is 11.5 Å². The van der Waals surface area contributed by atoms with E-state index in [0.29, 0.717) is 0 Å². The predicted octanol–water partition coefficient (Wildman–Crippen LogP) is 3.65. The Kier molecular flexibility index (Phi) is 5.23. The van der Waals surface area contributed by atoms with Crippen LogP contribution in [0.2, 0.25) is 0 Å². The fraction of sp³-hybridized carbons (Fsp3) is 0.333. The maximum Gasteiger partial charge on any atom is 0.161 e. The predicted molar refractivity (Wildman–Crippen MR) is 87.0 cm³/mol. The van der Waals surface area contributed by atoms with Gasteiger partial charge in [-0.2, -0.15) is 0 Å². The lowest BCUT2D eigenvalue weighted by Gasteiger charge is -2.12. The zero-order valence-corrected chi connectivity index (χ0v) is 12.9. The molecule has 3 heteroatoms. The summed E-state index contributed by atoms with van der Waals surface area (Å²) >= 11 is 0. The van der Waals surface area contributed by atoms with Crippen molar-refractivity contribution in [2.24, 2.45) is 5.73 Å². The third kappa shape index (κ3) is 3.76. The molecular weight excluding hydrogens is 262 g/mol. The van der Waals surface area contributed by atoms with E-state index >= 15 is 0 Å². The van der Waals surface area contributed by atoms with E-state index in [0.717, 1.165) is 35.5 Å². The highest BCUT2D eigenvalue weighted by molar-refractivity contribution is 5.67. The second-order valence-electron chi connectivity index (χ2n) is 5.14. The molecule has 2 aromatic carbocycles. The molecule has 21 heavy (non-hydrogen) atoms. The van der Waals surface area contributed by atoms with Crippen molar-refractivity contribution in [1.82, 2.24) is 0 Å². The van der Waals surface area contributed by atoms with Crippen molar-refractivity contribution < 1.29 is 9.47 Å². The van der Waals surface area contributed by atoms with Crippen molar-refractivity contribution in [3.05, 3.63) is 48.0 Å². The van der Waals surface area contributed by atoms with E-state index in [1.165, 1.54) is 5.56 Å².